The van der Waals surface area contributed by atoms with E-state index in [9.17, 15) is 0 Å². The van der Waals surface area contributed by atoms with Crippen LogP contribution in [0.2, 0.25) is 10.0 Å². The molecular formula is C13H21Cl2N3. The number of halogens is 2. The van der Waals surface area contributed by atoms with Gasteiger partial charge in [0.2, 0.25) is 0 Å². The van der Waals surface area contributed by atoms with Gasteiger partial charge >= 0.3 is 0 Å². The van der Waals surface area contributed by atoms with Crippen molar-refractivity contribution in [3.63, 3.8) is 0 Å². The molecule has 1 aromatic heterocycles. The van der Waals surface area contributed by atoms with Gasteiger partial charge in [0.15, 0.2) is 0 Å². The van der Waals surface area contributed by atoms with Crippen molar-refractivity contribution in [3.05, 3.63) is 16.1 Å². The highest BCUT2D eigenvalue weighted by atomic mass is 35.5. The standard InChI is InChI=1S/C13H21Cl2N3/c1-5-13(4,6-2)18-12-10(15)8-9(14)11(17-12)16-7-3/h8H,5-7H2,1-4H3,(H2,16,17,18). The molecule has 0 aliphatic heterocycles. The van der Waals surface area contributed by atoms with Crippen LogP contribution in [0.3, 0.4) is 0 Å². The van der Waals surface area contributed by atoms with Crippen LogP contribution in [-0.2, 0) is 0 Å². The summed E-state index contributed by atoms with van der Waals surface area (Å²) in [7, 11) is 0. The molecule has 0 atom stereocenters. The summed E-state index contributed by atoms with van der Waals surface area (Å²) in [6, 6.07) is 1.72. The van der Waals surface area contributed by atoms with Crippen LogP contribution in [-0.4, -0.2) is 17.1 Å². The highest BCUT2D eigenvalue weighted by Crippen LogP contribution is 2.32. The first-order valence-electron chi connectivity index (χ1n) is 6.33. The van der Waals surface area contributed by atoms with Gasteiger partial charge in [-0.2, -0.15) is 0 Å². The molecule has 1 rings (SSSR count). The molecule has 0 aromatic carbocycles. The Morgan fingerprint density at radius 3 is 2.17 bits per heavy atom. The molecule has 0 amide bonds. The quantitative estimate of drug-likeness (QED) is 0.789. The minimum atomic E-state index is -0.00600. The molecule has 0 saturated heterocycles. The zero-order valence-electron chi connectivity index (χ0n) is 11.4. The number of anilines is 2. The van der Waals surface area contributed by atoms with E-state index in [1.54, 1.807) is 6.07 Å². The van der Waals surface area contributed by atoms with Crippen LogP contribution in [0.5, 0.6) is 0 Å². The van der Waals surface area contributed by atoms with E-state index in [4.69, 9.17) is 23.2 Å². The third-order valence-electron chi connectivity index (χ3n) is 3.25. The molecule has 0 aliphatic rings. The number of pyridine rings is 1. The molecule has 3 nitrogen and oxygen atoms in total. The Hall–Kier alpha value is -0.670. The predicted molar refractivity (Wildman–Crippen MR) is 81.0 cm³/mol. The number of hydrogen-bond donors (Lipinski definition) is 2. The molecule has 2 N–H and O–H groups in total. The second-order valence-electron chi connectivity index (χ2n) is 4.57. The molecule has 0 radical (unpaired) electrons. The summed E-state index contributed by atoms with van der Waals surface area (Å²) in [4.78, 5) is 4.46. The van der Waals surface area contributed by atoms with Crippen LogP contribution < -0.4 is 10.6 Å². The molecule has 0 spiro atoms. The fourth-order valence-electron chi connectivity index (χ4n) is 1.56. The first kappa shape index (κ1) is 15.4. The summed E-state index contributed by atoms with van der Waals surface area (Å²) in [6.45, 7) is 9.22. The van der Waals surface area contributed by atoms with E-state index in [1.165, 1.54) is 0 Å². The van der Waals surface area contributed by atoms with Crippen molar-refractivity contribution in [2.45, 2.75) is 46.1 Å². The number of nitrogens with one attached hydrogen (secondary N) is 2. The van der Waals surface area contributed by atoms with Gasteiger partial charge in [-0.1, -0.05) is 37.0 Å². The van der Waals surface area contributed by atoms with Crippen molar-refractivity contribution in [1.82, 2.24) is 4.98 Å². The molecule has 0 saturated carbocycles. The van der Waals surface area contributed by atoms with Crippen molar-refractivity contribution in [2.24, 2.45) is 0 Å². The fourth-order valence-corrected chi connectivity index (χ4v) is 2.03. The largest absolute Gasteiger partial charge is 0.369 e. The van der Waals surface area contributed by atoms with Crippen molar-refractivity contribution in [2.75, 3.05) is 17.2 Å². The minimum absolute atomic E-state index is 0.00600. The molecule has 102 valence electrons. The van der Waals surface area contributed by atoms with Crippen molar-refractivity contribution in [3.8, 4) is 0 Å². The highest BCUT2D eigenvalue weighted by Gasteiger charge is 2.21. The fraction of sp³-hybridized carbons (Fsp3) is 0.615. The smallest absolute Gasteiger partial charge is 0.147 e. The Labute approximate surface area is 119 Å². The van der Waals surface area contributed by atoms with Crippen molar-refractivity contribution in [1.29, 1.82) is 0 Å². The highest BCUT2D eigenvalue weighted by molar-refractivity contribution is 6.37. The van der Waals surface area contributed by atoms with E-state index in [0.717, 1.165) is 19.4 Å². The van der Waals surface area contributed by atoms with Crippen LogP contribution in [0.15, 0.2) is 6.07 Å². The Bertz CT molecular complexity index is 403. The molecule has 1 heterocycles. The summed E-state index contributed by atoms with van der Waals surface area (Å²) < 4.78 is 0. The zero-order valence-corrected chi connectivity index (χ0v) is 12.9. The monoisotopic (exact) mass is 289 g/mol. The van der Waals surface area contributed by atoms with Crippen LogP contribution in [0.25, 0.3) is 0 Å². The number of hydrogen-bond acceptors (Lipinski definition) is 3. The van der Waals surface area contributed by atoms with Gasteiger partial charge in [0, 0.05) is 12.1 Å². The molecule has 18 heavy (non-hydrogen) atoms. The lowest BCUT2D eigenvalue weighted by molar-refractivity contribution is 0.477. The number of aromatic nitrogens is 1. The number of nitrogens with zero attached hydrogens (tertiary/aromatic N) is 1. The molecule has 1 aromatic rings. The van der Waals surface area contributed by atoms with Crippen LogP contribution in [0.4, 0.5) is 11.6 Å². The summed E-state index contributed by atoms with van der Waals surface area (Å²) in [5.74, 6) is 1.35. The summed E-state index contributed by atoms with van der Waals surface area (Å²) >= 11 is 12.3. The maximum atomic E-state index is 6.18. The maximum Gasteiger partial charge on any atom is 0.147 e. The zero-order chi connectivity index (χ0) is 13.8. The normalized spacial score (nSPS) is 11.4. The van der Waals surface area contributed by atoms with Gasteiger partial charge in [0.1, 0.15) is 11.6 Å². The van der Waals surface area contributed by atoms with E-state index in [0.29, 0.717) is 21.7 Å². The summed E-state index contributed by atoms with van der Waals surface area (Å²) in [5, 5.41) is 7.63. The van der Waals surface area contributed by atoms with E-state index in [-0.39, 0.29) is 5.54 Å². The molecule has 5 heteroatoms. The van der Waals surface area contributed by atoms with Gasteiger partial charge in [-0.25, -0.2) is 4.98 Å². The maximum absolute atomic E-state index is 6.18. The van der Waals surface area contributed by atoms with E-state index >= 15 is 0 Å². The Morgan fingerprint density at radius 2 is 1.67 bits per heavy atom. The van der Waals surface area contributed by atoms with Crippen molar-refractivity contribution >= 4 is 34.8 Å². The predicted octanol–water partition coefficient (Wildman–Crippen LogP) is 4.81. The lowest BCUT2D eigenvalue weighted by atomic mass is 9.96. The molecular weight excluding hydrogens is 269 g/mol. The van der Waals surface area contributed by atoms with Crippen LogP contribution in [0.1, 0.15) is 40.5 Å². The van der Waals surface area contributed by atoms with Gasteiger partial charge in [-0.05, 0) is 32.8 Å². The van der Waals surface area contributed by atoms with Crippen LogP contribution >= 0.6 is 23.2 Å². The van der Waals surface area contributed by atoms with Crippen LogP contribution in [0, 0.1) is 0 Å². The topological polar surface area (TPSA) is 37.0 Å². The Morgan fingerprint density at radius 1 is 1.11 bits per heavy atom. The average molecular weight is 290 g/mol. The SMILES string of the molecule is CCNc1nc(NC(C)(CC)CC)c(Cl)cc1Cl. The van der Waals surface area contributed by atoms with E-state index in [2.05, 4.69) is 36.4 Å². The Balaban J connectivity index is 3.05. The van der Waals surface area contributed by atoms with E-state index in [1.807, 2.05) is 6.92 Å². The third kappa shape index (κ3) is 3.66. The van der Waals surface area contributed by atoms with Gasteiger partial charge in [0.25, 0.3) is 0 Å². The number of rotatable bonds is 6. The second kappa shape index (κ2) is 6.48. The Kier molecular flexibility index (Phi) is 5.54. The van der Waals surface area contributed by atoms with Gasteiger partial charge in [-0.15, -0.1) is 0 Å². The lowest BCUT2D eigenvalue weighted by Crippen LogP contribution is -2.33. The van der Waals surface area contributed by atoms with Gasteiger partial charge in [0.05, 0.1) is 10.0 Å². The lowest BCUT2D eigenvalue weighted by Gasteiger charge is -2.29. The average Bonchev–Trinajstić information content (AvgIpc) is 2.35. The minimum Gasteiger partial charge on any atom is -0.369 e. The van der Waals surface area contributed by atoms with Gasteiger partial charge in [-0.3, -0.25) is 0 Å². The van der Waals surface area contributed by atoms with Gasteiger partial charge < -0.3 is 10.6 Å². The van der Waals surface area contributed by atoms with Crippen molar-refractivity contribution < 1.29 is 0 Å². The summed E-state index contributed by atoms with van der Waals surface area (Å²) in [5.41, 5.74) is -0.00600. The first-order valence-corrected chi connectivity index (χ1v) is 7.09. The first-order chi connectivity index (χ1) is 8.45. The van der Waals surface area contributed by atoms with E-state index < -0.39 is 0 Å². The second-order valence-corrected chi connectivity index (χ2v) is 5.39. The summed E-state index contributed by atoms with van der Waals surface area (Å²) in [6.07, 6.45) is 2.00. The molecule has 0 bridgehead atoms. The molecule has 0 unspecified atom stereocenters. The third-order valence-corrected chi connectivity index (χ3v) is 3.83. The molecule has 0 aliphatic carbocycles. The molecule has 0 fully saturated rings.